The molecule has 2 rings (SSSR count). The van der Waals surface area contributed by atoms with Gasteiger partial charge >= 0.3 is 0 Å². The van der Waals surface area contributed by atoms with Crippen molar-refractivity contribution < 1.29 is 0 Å². The van der Waals surface area contributed by atoms with E-state index < -0.39 is 0 Å². The summed E-state index contributed by atoms with van der Waals surface area (Å²) in [5.41, 5.74) is 1.70. The minimum absolute atomic E-state index is 0.827. The zero-order valence-corrected chi connectivity index (χ0v) is 6.88. The third kappa shape index (κ3) is 1.33. The molecule has 0 amide bonds. The summed E-state index contributed by atoms with van der Waals surface area (Å²) in [6, 6.07) is 7.56. The molecule has 0 atom stereocenters. The average Bonchev–Trinajstić information content (AvgIpc) is 2.70. The van der Waals surface area contributed by atoms with Crippen molar-refractivity contribution in [3.05, 3.63) is 42.5 Å². The Bertz CT molecular complexity index is 405. The number of nitrogens with one attached hydrogen (secondary N) is 1. The lowest BCUT2D eigenvalue weighted by molar-refractivity contribution is 0.877. The molecule has 4 heteroatoms. The average molecular weight is 172 g/mol. The van der Waals surface area contributed by atoms with E-state index in [-0.39, 0.29) is 0 Å². The highest BCUT2D eigenvalue weighted by molar-refractivity contribution is 5.82. The molecule has 2 aromatic rings. The lowest BCUT2D eigenvalue weighted by Gasteiger charge is -2.02. The van der Waals surface area contributed by atoms with E-state index in [1.807, 2.05) is 24.3 Å². The van der Waals surface area contributed by atoms with Gasteiger partial charge in [0, 0.05) is 11.8 Å². The number of para-hydroxylation sites is 1. The molecule has 0 unspecified atom stereocenters. The van der Waals surface area contributed by atoms with Crippen molar-refractivity contribution in [2.45, 2.75) is 0 Å². The van der Waals surface area contributed by atoms with E-state index in [0.717, 1.165) is 11.3 Å². The van der Waals surface area contributed by atoms with Crippen molar-refractivity contribution in [3.63, 3.8) is 0 Å². The Labute approximate surface area is 75.4 Å². The summed E-state index contributed by atoms with van der Waals surface area (Å²) in [6.07, 6.45) is 4.39. The SMILES string of the molecule is N=Cc1ccccc1-n1cncn1. The molecule has 1 aromatic carbocycles. The van der Waals surface area contributed by atoms with Gasteiger partial charge in [0.1, 0.15) is 12.7 Å². The van der Waals surface area contributed by atoms with Crippen molar-refractivity contribution in [3.8, 4) is 5.69 Å². The van der Waals surface area contributed by atoms with Crippen molar-refractivity contribution in [1.29, 1.82) is 5.41 Å². The molecular weight excluding hydrogens is 164 g/mol. The van der Waals surface area contributed by atoms with Gasteiger partial charge in [-0.05, 0) is 6.07 Å². The van der Waals surface area contributed by atoms with Gasteiger partial charge in [0.2, 0.25) is 0 Å². The fourth-order valence-corrected chi connectivity index (χ4v) is 1.15. The van der Waals surface area contributed by atoms with Gasteiger partial charge in [-0.2, -0.15) is 5.10 Å². The van der Waals surface area contributed by atoms with Crippen molar-refractivity contribution in [1.82, 2.24) is 14.8 Å². The normalized spacial score (nSPS) is 9.85. The number of rotatable bonds is 2. The summed E-state index contributed by atoms with van der Waals surface area (Å²) >= 11 is 0. The molecule has 13 heavy (non-hydrogen) atoms. The monoisotopic (exact) mass is 172 g/mol. The van der Waals surface area contributed by atoms with Crippen LogP contribution in [0.3, 0.4) is 0 Å². The maximum Gasteiger partial charge on any atom is 0.138 e. The third-order valence-electron chi connectivity index (χ3n) is 1.76. The molecule has 1 N–H and O–H groups in total. The van der Waals surface area contributed by atoms with Gasteiger partial charge in [-0.1, -0.05) is 18.2 Å². The second-order valence-corrected chi connectivity index (χ2v) is 2.54. The molecule has 0 bridgehead atoms. The highest BCUT2D eigenvalue weighted by Crippen LogP contribution is 2.09. The standard InChI is InChI=1S/C9H8N4/c10-5-8-3-1-2-4-9(8)13-7-11-6-12-13/h1-7,10H. The van der Waals surface area contributed by atoms with E-state index in [4.69, 9.17) is 5.41 Å². The maximum atomic E-state index is 7.20. The fourth-order valence-electron chi connectivity index (χ4n) is 1.15. The predicted molar refractivity (Wildman–Crippen MR) is 49.2 cm³/mol. The van der Waals surface area contributed by atoms with Gasteiger partial charge in [0.15, 0.2) is 0 Å². The van der Waals surface area contributed by atoms with Crippen molar-refractivity contribution >= 4 is 6.21 Å². The van der Waals surface area contributed by atoms with E-state index in [1.165, 1.54) is 12.5 Å². The molecule has 1 heterocycles. The lowest BCUT2D eigenvalue weighted by Crippen LogP contribution is -1.98. The summed E-state index contributed by atoms with van der Waals surface area (Å²) in [5, 5.41) is 11.2. The Morgan fingerprint density at radius 3 is 2.85 bits per heavy atom. The van der Waals surface area contributed by atoms with Gasteiger partial charge in [0.05, 0.1) is 5.69 Å². The van der Waals surface area contributed by atoms with Crippen LogP contribution in [-0.2, 0) is 0 Å². The Kier molecular flexibility index (Phi) is 1.88. The van der Waals surface area contributed by atoms with E-state index in [1.54, 1.807) is 11.0 Å². The van der Waals surface area contributed by atoms with Crippen LogP contribution >= 0.6 is 0 Å². The summed E-state index contributed by atoms with van der Waals surface area (Å²) in [5.74, 6) is 0. The van der Waals surface area contributed by atoms with Crippen LogP contribution in [0.4, 0.5) is 0 Å². The molecular formula is C9H8N4. The molecule has 1 aromatic heterocycles. The number of hydrogen-bond donors (Lipinski definition) is 1. The highest BCUT2D eigenvalue weighted by atomic mass is 15.3. The van der Waals surface area contributed by atoms with E-state index in [0.29, 0.717) is 0 Å². The van der Waals surface area contributed by atoms with Crippen LogP contribution in [0, 0.1) is 5.41 Å². The largest absolute Gasteiger partial charge is 0.308 e. The molecule has 4 nitrogen and oxygen atoms in total. The van der Waals surface area contributed by atoms with Crippen LogP contribution in [0.5, 0.6) is 0 Å². The zero-order chi connectivity index (χ0) is 9.10. The van der Waals surface area contributed by atoms with E-state index in [9.17, 15) is 0 Å². The van der Waals surface area contributed by atoms with Gasteiger partial charge in [-0.15, -0.1) is 0 Å². The van der Waals surface area contributed by atoms with Crippen molar-refractivity contribution in [2.75, 3.05) is 0 Å². The number of benzene rings is 1. The minimum Gasteiger partial charge on any atom is -0.308 e. The van der Waals surface area contributed by atoms with Crippen LogP contribution in [0.2, 0.25) is 0 Å². The van der Waals surface area contributed by atoms with Gasteiger partial charge in [-0.25, -0.2) is 9.67 Å². The summed E-state index contributed by atoms with van der Waals surface area (Å²) in [7, 11) is 0. The lowest BCUT2D eigenvalue weighted by atomic mass is 10.2. The highest BCUT2D eigenvalue weighted by Gasteiger charge is 2.00. The molecule has 0 saturated heterocycles. The molecule has 0 radical (unpaired) electrons. The topological polar surface area (TPSA) is 54.6 Å². The first-order chi connectivity index (χ1) is 6.42. The second-order valence-electron chi connectivity index (χ2n) is 2.54. The van der Waals surface area contributed by atoms with Crippen LogP contribution in [0.1, 0.15) is 5.56 Å². The van der Waals surface area contributed by atoms with Gasteiger partial charge < -0.3 is 5.41 Å². The van der Waals surface area contributed by atoms with E-state index in [2.05, 4.69) is 10.1 Å². The Morgan fingerprint density at radius 2 is 2.15 bits per heavy atom. The predicted octanol–water partition coefficient (Wildman–Crippen LogP) is 1.26. The van der Waals surface area contributed by atoms with Crippen LogP contribution in [0.25, 0.3) is 5.69 Å². The molecule has 64 valence electrons. The number of aromatic nitrogens is 3. The maximum absolute atomic E-state index is 7.20. The minimum atomic E-state index is 0.827. The Morgan fingerprint density at radius 1 is 1.31 bits per heavy atom. The first-order valence-electron chi connectivity index (χ1n) is 3.86. The fraction of sp³-hybridized carbons (Fsp3) is 0. The molecule has 0 saturated carbocycles. The molecule has 0 spiro atoms. The summed E-state index contributed by atoms with van der Waals surface area (Å²) in [4.78, 5) is 3.85. The van der Waals surface area contributed by atoms with Crippen molar-refractivity contribution in [2.24, 2.45) is 0 Å². The molecule has 0 aliphatic rings. The summed E-state index contributed by atoms with van der Waals surface area (Å²) < 4.78 is 1.64. The molecule has 0 aliphatic carbocycles. The first kappa shape index (κ1) is 7.67. The second kappa shape index (κ2) is 3.18. The first-order valence-corrected chi connectivity index (χ1v) is 3.86. The van der Waals surface area contributed by atoms with Crippen LogP contribution < -0.4 is 0 Å². The summed E-state index contributed by atoms with van der Waals surface area (Å²) in [6.45, 7) is 0. The Hall–Kier alpha value is -1.97. The Balaban J connectivity index is 2.57. The number of hydrogen-bond acceptors (Lipinski definition) is 3. The van der Waals surface area contributed by atoms with Gasteiger partial charge in [0.25, 0.3) is 0 Å². The van der Waals surface area contributed by atoms with Crippen LogP contribution in [0.15, 0.2) is 36.9 Å². The number of nitrogens with zero attached hydrogens (tertiary/aromatic N) is 3. The molecule has 0 fully saturated rings. The zero-order valence-electron chi connectivity index (χ0n) is 6.88. The third-order valence-corrected chi connectivity index (χ3v) is 1.76. The smallest absolute Gasteiger partial charge is 0.138 e. The van der Waals surface area contributed by atoms with Gasteiger partial charge in [-0.3, -0.25) is 0 Å². The van der Waals surface area contributed by atoms with E-state index >= 15 is 0 Å². The molecule has 0 aliphatic heterocycles. The quantitative estimate of drug-likeness (QED) is 0.693. The van der Waals surface area contributed by atoms with Crippen LogP contribution in [-0.4, -0.2) is 21.0 Å².